The highest BCUT2D eigenvalue weighted by molar-refractivity contribution is 5.70. The predicted octanol–water partition coefficient (Wildman–Crippen LogP) is 5.53. The van der Waals surface area contributed by atoms with Crippen LogP contribution in [0.5, 0.6) is 5.75 Å². The normalized spacial score (nSPS) is 12.3. The highest BCUT2D eigenvalue weighted by atomic mass is 16.6. The van der Waals surface area contributed by atoms with Crippen molar-refractivity contribution in [1.29, 1.82) is 0 Å². The van der Waals surface area contributed by atoms with Crippen LogP contribution in [-0.2, 0) is 16.0 Å². The third-order valence-electron chi connectivity index (χ3n) is 4.28. The molecule has 1 unspecified atom stereocenters. The number of ether oxygens (including phenoxy) is 2. The first-order valence-corrected chi connectivity index (χ1v) is 9.52. The largest absolute Gasteiger partial charge is 0.497 e. The van der Waals surface area contributed by atoms with Crippen molar-refractivity contribution in [1.82, 2.24) is 0 Å². The molecule has 4 heteroatoms. The average Bonchev–Trinajstić information content (AvgIpc) is 2.64. The summed E-state index contributed by atoms with van der Waals surface area (Å²) in [6, 6.07) is 16.4. The Hall–Kier alpha value is -2.49. The summed E-state index contributed by atoms with van der Waals surface area (Å²) in [5.41, 5.74) is 2.99. The minimum Gasteiger partial charge on any atom is -0.497 e. The standard InChI is InChI=1S/C23H31NO3/c1-6-17-7-9-18(10-8-17)21(15-16-22(25)27-23(2,3)4)24-19-11-13-20(26-5)14-12-19/h7-14,21,24H,6,15-16H2,1-5H3. The Morgan fingerprint density at radius 2 is 1.67 bits per heavy atom. The smallest absolute Gasteiger partial charge is 0.306 e. The van der Waals surface area contributed by atoms with Crippen molar-refractivity contribution in [2.75, 3.05) is 12.4 Å². The van der Waals surface area contributed by atoms with Crippen LogP contribution < -0.4 is 10.1 Å². The number of benzene rings is 2. The number of hydrogen-bond acceptors (Lipinski definition) is 4. The van der Waals surface area contributed by atoms with Crippen molar-refractivity contribution in [3.8, 4) is 5.75 Å². The van der Waals surface area contributed by atoms with Gasteiger partial charge in [0, 0.05) is 12.1 Å². The molecule has 0 heterocycles. The van der Waals surface area contributed by atoms with E-state index in [9.17, 15) is 4.79 Å². The summed E-state index contributed by atoms with van der Waals surface area (Å²) < 4.78 is 10.7. The van der Waals surface area contributed by atoms with Crippen LogP contribution in [-0.4, -0.2) is 18.7 Å². The van der Waals surface area contributed by atoms with Crippen molar-refractivity contribution in [2.24, 2.45) is 0 Å². The fourth-order valence-electron chi connectivity index (χ4n) is 2.85. The maximum atomic E-state index is 12.2. The van der Waals surface area contributed by atoms with E-state index in [1.54, 1.807) is 7.11 Å². The molecule has 2 aromatic rings. The molecule has 1 atom stereocenters. The zero-order valence-electron chi connectivity index (χ0n) is 17.0. The minimum absolute atomic E-state index is 0.0248. The van der Waals surface area contributed by atoms with Crippen molar-refractivity contribution in [3.63, 3.8) is 0 Å². The van der Waals surface area contributed by atoms with E-state index >= 15 is 0 Å². The van der Waals surface area contributed by atoms with E-state index in [1.807, 2.05) is 45.0 Å². The van der Waals surface area contributed by atoms with Crippen molar-refractivity contribution in [3.05, 3.63) is 59.7 Å². The van der Waals surface area contributed by atoms with E-state index in [1.165, 1.54) is 5.56 Å². The lowest BCUT2D eigenvalue weighted by atomic mass is 9.99. The molecule has 0 aliphatic rings. The summed E-state index contributed by atoms with van der Waals surface area (Å²) in [4.78, 5) is 12.2. The molecule has 0 fully saturated rings. The van der Waals surface area contributed by atoms with Gasteiger partial charge >= 0.3 is 5.97 Å². The molecule has 0 saturated heterocycles. The summed E-state index contributed by atoms with van der Waals surface area (Å²) in [5.74, 6) is 0.646. The lowest BCUT2D eigenvalue weighted by molar-refractivity contribution is -0.154. The van der Waals surface area contributed by atoms with Gasteiger partial charge in [0.15, 0.2) is 0 Å². The van der Waals surface area contributed by atoms with Gasteiger partial charge in [0.25, 0.3) is 0 Å². The lowest BCUT2D eigenvalue weighted by Gasteiger charge is -2.23. The number of aryl methyl sites for hydroxylation is 1. The number of carbonyl (C=O) groups excluding carboxylic acids is 1. The molecule has 0 radical (unpaired) electrons. The fourth-order valence-corrected chi connectivity index (χ4v) is 2.85. The van der Waals surface area contributed by atoms with Crippen molar-refractivity contribution in [2.45, 2.75) is 58.6 Å². The van der Waals surface area contributed by atoms with Gasteiger partial charge in [0.1, 0.15) is 11.4 Å². The number of hydrogen-bond donors (Lipinski definition) is 1. The first-order chi connectivity index (χ1) is 12.8. The number of nitrogens with one attached hydrogen (secondary N) is 1. The van der Waals surface area contributed by atoms with Crippen LogP contribution >= 0.6 is 0 Å². The van der Waals surface area contributed by atoms with Gasteiger partial charge in [-0.25, -0.2) is 0 Å². The van der Waals surface area contributed by atoms with Crippen LogP contribution in [0.4, 0.5) is 5.69 Å². The Bertz CT molecular complexity index is 715. The molecule has 0 aromatic heterocycles. The van der Waals surface area contributed by atoms with Crippen LogP contribution in [0.1, 0.15) is 57.7 Å². The summed E-state index contributed by atoms with van der Waals surface area (Å²) in [6.45, 7) is 7.81. The Balaban J connectivity index is 2.12. The molecular weight excluding hydrogens is 338 g/mol. The summed E-state index contributed by atoms with van der Waals surface area (Å²) in [5, 5.41) is 3.54. The molecule has 146 valence electrons. The SMILES string of the molecule is CCc1ccc(C(CCC(=O)OC(C)(C)C)Nc2ccc(OC)cc2)cc1. The van der Waals surface area contributed by atoms with E-state index in [-0.39, 0.29) is 12.0 Å². The van der Waals surface area contributed by atoms with Gasteiger partial charge in [0.2, 0.25) is 0 Å². The van der Waals surface area contributed by atoms with E-state index in [2.05, 4.69) is 36.5 Å². The van der Waals surface area contributed by atoms with Crippen LogP contribution in [0.2, 0.25) is 0 Å². The number of methoxy groups -OCH3 is 1. The maximum Gasteiger partial charge on any atom is 0.306 e. The Morgan fingerprint density at radius 1 is 1.04 bits per heavy atom. The van der Waals surface area contributed by atoms with Gasteiger partial charge in [-0.3, -0.25) is 4.79 Å². The molecule has 2 rings (SSSR count). The van der Waals surface area contributed by atoms with Crippen molar-refractivity contribution < 1.29 is 14.3 Å². The Kier molecular flexibility index (Phi) is 7.28. The van der Waals surface area contributed by atoms with Crippen molar-refractivity contribution >= 4 is 11.7 Å². The summed E-state index contributed by atoms with van der Waals surface area (Å²) in [6.07, 6.45) is 2.03. The summed E-state index contributed by atoms with van der Waals surface area (Å²) >= 11 is 0. The van der Waals surface area contributed by atoms with Crippen LogP contribution in [0, 0.1) is 0 Å². The van der Waals surface area contributed by atoms with E-state index in [0.717, 1.165) is 23.4 Å². The highest BCUT2D eigenvalue weighted by Gasteiger charge is 2.19. The third-order valence-corrected chi connectivity index (χ3v) is 4.28. The van der Waals surface area contributed by atoms with Gasteiger partial charge in [-0.15, -0.1) is 0 Å². The second-order valence-corrected chi connectivity index (χ2v) is 7.65. The molecule has 27 heavy (non-hydrogen) atoms. The molecule has 0 saturated carbocycles. The molecule has 0 spiro atoms. The van der Waals surface area contributed by atoms with E-state index in [0.29, 0.717) is 12.8 Å². The topological polar surface area (TPSA) is 47.6 Å². The lowest BCUT2D eigenvalue weighted by Crippen LogP contribution is -2.24. The molecule has 4 nitrogen and oxygen atoms in total. The number of esters is 1. The second kappa shape index (κ2) is 9.45. The van der Waals surface area contributed by atoms with E-state index in [4.69, 9.17) is 9.47 Å². The number of carbonyl (C=O) groups is 1. The van der Waals surface area contributed by atoms with Crippen LogP contribution in [0.15, 0.2) is 48.5 Å². The van der Waals surface area contributed by atoms with Gasteiger partial charge in [-0.2, -0.15) is 0 Å². The van der Waals surface area contributed by atoms with Gasteiger partial charge < -0.3 is 14.8 Å². The molecule has 0 amide bonds. The third kappa shape index (κ3) is 6.97. The maximum absolute atomic E-state index is 12.2. The van der Waals surface area contributed by atoms with Crippen LogP contribution in [0.3, 0.4) is 0 Å². The first kappa shape index (κ1) is 20.8. The van der Waals surface area contributed by atoms with Gasteiger partial charge in [0.05, 0.1) is 13.2 Å². The quantitative estimate of drug-likeness (QED) is 0.621. The summed E-state index contributed by atoms with van der Waals surface area (Å²) in [7, 11) is 1.65. The zero-order valence-corrected chi connectivity index (χ0v) is 17.0. The highest BCUT2D eigenvalue weighted by Crippen LogP contribution is 2.26. The molecule has 1 N–H and O–H groups in total. The molecule has 0 aliphatic carbocycles. The van der Waals surface area contributed by atoms with Crippen LogP contribution in [0.25, 0.3) is 0 Å². The minimum atomic E-state index is -0.460. The van der Waals surface area contributed by atoms with Gasteiger partial charge in [-0.1, -0.05) is 31.2 Å². The molecule has 0 aliphatic heterocycles. The van der Waals surface area contributed by atoms with Gasteiger partial charge in [-0.05, 0) is 69.0 Å². The average molecular weight is 370 g/mol. The Labute approximate surface area is 162 Å². The molecular formula is C23H31NO3. The number of rotatable bonds is 8. The van der Waals surface area contributed by atoms with E-state index < -0.39 is 5.60 Å². The fraction of sp³-hybridized carbons (Fsp3) is 0.435. The zero-order chi connectivity index (χ0) is 19.9. The molecule has 0 bridgehead atoms. The molecule has 2 aromatic carbocycles. The second-order valence-electron chi connectivity index (χ2n) is 7.65. The first-order valence-electron chi connectivity index (χ1n) is 9.52. The Morgan fingerprint density at radius 3 is 2.19 bits per heavy atom. The monoisotopic (exact) mass is 369 g/mol. The predicted molar refractivity (Wildman–Crippen MR) is 110 cm³/mol. The number of anilines is 1.